The number of amides is 1. The number of para-hydroxylation sites is 1. The van der Waals surface area contributed by atoms with Crippen LogP contribution in [-0.4, -0.2) is 14.3 Å². The van der Waals surface area contributed by atoms with E-state index in [1.54, 1.807) is 48.5 Å². The fourth-order valence-electron chi connectivity index (χ4n) is 3.25. The van der Waals surface area contributed by atoms with Crippen LogP contribution < -0.4 is 10.0 Å². The van der Waals surface area contributed by atoms with E-state index in [0.717, 1.165) is 17.1 Å². The van der Waals surface area contributed by atoms with Crippen LogP contribution in [0.2, 0.25) is 0 Å². The molecule has 0 aliphatic carbocycles. The lowest BCUT2D eigenvalue weighted by molar-refractivity contribution is 0.102. The maximum absolute atomic E-state index is 12.6. The van der Waals surface area contributed by atoms with E-state index in [-0.39, 0.29) is 10.8 Å². The first-order valence-corrected chi connectivity index (χ1v) is 13.3. The average Bonchev–Trinajstić information content (AvgIpc) is 2.86. The minimum Gasteiger partial charge on any atom is -0.322 e. The van der Waals surface area contributed by atoms with Gasteiger partial charge in [-0.15, -0.1) is 0 Å². The average molecular weight is 489 g/mol. The summed E-state index contributed by atoms with van der Waals surface area (Å²) in [5.74, 6) is 1.56. The molecular formula is C27H24N2O3S2. The van der Waals surface area contributed by atoms with Crippen molar-refractivity contribution in [1.82, 2.24) is 0 Å². The molecule has 0 aliphatic rings. The van der Waals surface area contributed by atoms with Crippen molar-refractivity contribution < 1.29 is 13.2 Å². The lowest BCUT2D eigenvalue weighted by Gasteiger charge is -2.10. The predicted molar refractivity (Wildman–Crippen MR) is 140 cm³/mol. The Labute approximate surface area is 204 Å². The molecule has 172 valence electrons. The van der Waals surface area contributed by atoms with Gasteiger partial charge in [0.05, 0.1) is 4.90 Å². The summed E-state index contributed by atoms with van der Waals surface area (Å²) in [5.41, 5.74) is 3.99. The highest BCUT2D eigenvalue weighted by molar-refractivity contribution is 7.97. The molecule has 0 radical (unpaired) electrons. The highest BCUT2D eigenvalue weighted by Crippen LogP contribution is 2.20. The fourth-order valence-corrected chi connectivity index (χ4v) is 5.27. The molecule has 4 rings (SSSR count). The minimum atomic E-state index is -3.71. The monoisotopic (exact) mass is 488 g/mol. The third-order valence-electron chi connectivity index (χ3n) is 5.04. The highest BCUT2D eigenvalue weighted by Gasteiger charge is 2.14. The fraction of sp³-hybridized carbons (Fsp3) is 0.0741. The molecule has 0 spiro atoms. The van der Waals surface area contributed by atoms with Gasteiger partial charge in [-0.25, -0.2) is 8.42 Å². The molecule has 5 nitrogen and oxygen atoms in total. The van der Waals surface area contributed by atoms with E-state index < -0.39 is 10.0 Å². The summed E-state index contributed by atoms with van der Waals surface area (Å²) in [5, 5.41) is 2.81. The molecule has 0 bridgehead atoms. The highest BCUT2D eigenvalue weighted by atomic mass is 32.2. The van der Waals surface area contributed by atoms with Gasteiger partial charge in [-0.05, 0) is 59.7 Å². The standard InChI is InChI=1S/C27H24N2O3S2/c30-27(23-13-11-22(12-14-23)20-33-19-21-7-3-1-4-8-21)28-24-15-17-26(18-16-24)34(31,32)29-25-9-5-2-6-10-25/h1-18,29H,19-20H2,(H,28,30). The van der Waals surface area contributed by atoms with Crippen molar-refractivity contribution in [2.24, 2.45) is 0 Å². The van der Waals surface area contributed by atoms with Crippen LogP contribution in [0.1, 0.15) is 21.5 Å². The molecule has 0 atom stereocenters. The summed E-state index contributed by atoms with van der Waals surface area (Å²) in [6, 6.07) is 32.6. The van der Waals surface area contributed by atoms with Gasteiger partial charge < -0.3 is 5.32 Å². The van der Waals surface area contributed by atoms with Crippen LogP contribution in [0.5, 0.6) is 0 Å². The number of hydrogen-bond donors (Lipinski definition) is 2. The number of carbonyl (C=O) groups excluding carboxylic acids is 1. The van der Waals surface area contributed by atoms with E-state index in [9.17, 15) is 13.2 Å². The Bertz CT molecular complexity index is 1320. The van der Waals surface area contributed by atoms with E-state index in [0.29, 0.717) is 16.9 Å². The van der Waals surface area contributed by atoms with Crippen LogP contribution in [0, 0.1) is 0 Å². The van der Waals surface area contributed by atoms with Gasteiger partial charge in [-0.2, -0.15) is 11.8 Å². The Kier molecular flexibility index (Phi) is 7.67. The second-order valence-electron chi connectivity index (χ2n) is 7.63. The van der Waals surface area contributed by atoms with Gasteiger partial charge >= 0.3 is 0 Å². The number of benzene rings is 4. The number of sulfonamides is 1. The number of carbonyl (C=O) groups is 1. The number of anilines is 2. The predicted octanol–water partition coefficient (Wildman–Crippen LogP) is 6.17. The van der Waals surface area contributed by atoms with Gasteiger partial charge in [0, 0.05) is 28.4 Å². The molecule has 0 unspecified atom stereocenters. The van der Waals surface area contributed by atoms with Crippen molar-refractivity contribution in [2.45, 2.75) is 16.4 Å². The third-order valence-corrected chi connectivity index (χ3v) is 7.52. The van der Waals surface area contributed by atoms with Gasteiger partial charge in [-0.3, -0.25) is 9.52 Å². The van der Waals surface area contributed by atoms with Crippen molar-refractivity contribution in [3.8, 4) is 0 Å². The summed E-state index contributed by atoms with van der Waals surface area (Å²) < 4.78 is 27.6. The van der Waals surface area contributed by atoms with Gasteiger partial charge in [-0.1, -0.05) is 60.7 Å². The Morgan fingerprint density at radius 1 is 0.647 bits per heavy atom. The van der Waals surface area contributed by atoms with Crippen LogP contribution in [0.4, 0.5) is 11.4 Å². The number of thioether (sulfide) groups is 1. The first kappa shape index (κ1) is 23.6. The van der Waals surface area contributed by atoms with Crippen molar-refractivity contribution in [2.75, 3.05) is 10.0 Å². The summed E-state index contributed by atoms with van der Waals surface area (Å²) in [4.78, 5) is 12.7. The maximum Gasteiger partial charge on any atom is 0.261 e. The Morgan fingerprint density at radius 3 is 1.82 bits per heavy atom. The first-order valence-electron chi connectivity index (χ1n) is 10.7. The third kappa shape index (κ3) is 6.50. The lowest BCUT2D eigenvalue weighted by atomic mass is 10.1. The molecule has 7 heteroatoms. The second-order valence-corrected chi connectivity index (χ2v) is 10.3. The lowest BCUT2D eigenvalue weighted by Crippen LogP contribution is -2.14. The van der Waals surface area contributed by atoms with Crippen molar-refractivity contribution in [3.05, 3.63) is 126 Å². The molecule has 1 amide bonds. The normalized spacial score (nSPS) is 11.1. The SMILES string of the molecule is O=C(Nc1ccc(S(=O)(=O)Nc2ccccc2)cc1)c1ccc(CSCc2ccccc2)cc1. The molecule has 4 aromatic rings. The van der Waals surface area contributed by atoms with Crippen LogP contribution in [0.3, 0.4) is 0 Å². The molecular weight excluding hydrogens is 464 g/mol. The molecule has 0 heterocycles. The van der Waals surface area contributed by atoms with Crippen molar-refractivity contribution in [1.29, 1.82) is 0 Å². The minimum absolute atomic E-state index is 0.117. The van der Waals surface area contributed by atoms with Gasteiger partial charge in [0.1, 0.15) is 0 Å². The molecule has 4 aromatic carbocycles. The van der Waals surface area contributed by atoms with Crippen molar-refractivity contribution >= 4 is 39.1 Å². The number of hydrogen-bond acceptors (Lipinski definition) is 4. The molecule has 2 N–H and O–H groups in total. The van der Waals surface area contributed by atoms with Gasteiger partial charge in [0.15, 0.2) is 0 Å². The number of rotatable bonds is 9. The molecule has 0 fully saturated rings. The van der Waals surface area contributed by atoms with E-state index in [1.165, 1.54) is 17.7 Å². The van der Waals surface area contributed by atoms with E-state index >= 15 is 0 Å². The topological polar surface area (TPSA) is 75.3 Å². The van der Waals surface area contributed by atoms with E-state index in [2.05, 4.69) is 22.2 Å². The maximum atomic E-state index is 12.6. The molecule has 0 saturated carbocycles. The zero-order valence-corrected chi connectivity index (χ0v) is 20.0. The molecule has 0 saturated heterocycles. The van der Waals surface area contributed by atoms with Crippen LogP contribution in [0.25, 0.3) is 0 Å². The van der Waals surface area contributed by atoms with E-state index in [4.69, 9.17) is 0 Å². The van der Waals surface area contributed by atoms with Gasteiger partial charge in [0.2, 0.25) is 0 Å². The summed E-state index contributed by atoms with van der Waals surface area (Å²) >= 11 is 1.83. The second kappa shape index (κ2) is 11.0. The van der Waals surface area contributed by atoms with E-state index in [1.807, 2.05) is 48.2 Å². The summed E-state index contributed by atoms with van der Waals surface area (Å²) in [6.45, 7) is 0. The van der Waals surface area contributed by atoms with Crippen LogP contribution >= 0.6 is 11.8 Å². The van der Waals surface area contributed by atoms with Crippen LogP contribution in [-0.2, 0) is 21.5 Å². The zero-order chi connectivity index (χ0) is 23.8. The summed E-state index contributed by atoms with van der Waals surface area (Å²) in [7, 11) is -3.71. The Hall–Kier alpha value is -3.55. The summed E-state index contributed by atoms with van der Waals surface area (Å²) in [6.07, 6.45) is 0. The van der Waals surface area contributed by atoms with Crippen LogP contribution in [0.15, 0.2) is 114 Å². The Balaban J connectivity index is 1.31. The Morgan fingerprint density at radius 2 is 1.21 bits per heavy atom. The zero-order valence-electron chi connectivity index (χ0n) is 18.3. The molecule has 34 heavy (non-hydrogen) atoms. The van der Waals surface area contributed by atoms with Gasteiger partial charge in [0.25, 0.3) is 15.9 Å². The number of nitrogens with one attached hydrogen (secondary N) is 2. The quantitative estimate of drug-likeness (QED) is 0.295. The molecule has 0 aromatic heterocycles. The largest absolute Gasteiger partial charge is 0.322 e. The smallest absolute Gasteiger partial charge is 0.261 e. The van der Waals surface area contributed by atoms with Crippen molar-refractivity contribution in [3.63, 3.8) is 0 Å². The first-order chi connectivity index (χ1) is 16.5. The molecule has 0 aliphatic heterocycles.